The first kappa shape index (κ1) is 25.3. The molecule has 0 unspecified atom stereocenters. The van der Waals surface area contributed by atoms with Crippen LogP contribution in [0.25, 0.3) is 0 Å². The third-order valence-corrected chi connectivity index (χ3v) is 8.01. The maximum absolute atomic E-state index is 14.6. The second-order valence-corrected chi connectivity index (χ2v) is 10.4. The Morgan fingerprint density at radius 1 is 1.14 bits per heavy atom. The lowest BCUT2D eigenvalue weighted by atomic mass is 9.74. The molecule has 5 nitrogen and oxygen atoms in total. The number of hydrogen-bond donors (Lipinski definition) is 0. The Hall–Kier alpha value is -2.83. The summed E-state index contributed by atoms with van der Waals surface area (Å²) in [5.41, 5.74) is 0.585. The number of amides is 2. The molecule has 1 aromatic heterocycles. The molecule has 188 valence electrons. The van der Waals surface area contributed by atoms with Crippen LogP contribution in [0.5, 0.6) is 0 Å². The average molecular weight is 484 g/mol. The molecule has 2 fully saturated rings. The van der Waals surface area contributed by atoms with Crippen molar-refractivity contribution in [2.45, 2.75) is 64.3 Å². The van der Waals surface area contributed by atoms with E-state index in [0.29, 0.717) is 24.2 Å². The van der Waals surface area contributed by atoms with E-state index in [0.717, 1.165) is 44.6 Å². The van der Waals surface area contributed by atoms with Crippen LogP contribution in [0.3, 0.4) is 0 Å². The predicted molar refractivity (Wildman–Crippen MR) is 131 cm³/mol. The maximum Gasteiger partial charge on any atom is 0.255 e. The lowest BCUT2D eigenvalue weighted by Crippen LogP contribution is -2.51. The third-order valence-electron chi connectivity index (χ3n) is 8.01. The Balaban J connectivity index is 1.51. The van der Waals surface area contributed by atoms with Crippen molar-refractivity contribution in [1.82, 2.24) is 14.8 Å². The molecule has 1 atom stereocenters. The molecule has 1 aromatic carbocycles. The van der Waals surface area contributed by atoms with Gasteiger partial charge in [0.2, 0.25) is 5.91 Å². The summed E-state index contributed by atoms with van der Waals surface area (Å²) in [6, 6.07) is 6.75. The summed E-state index contributed by atoms with van der Waals surface area (Å²) in [7, 11) is 1.74. The minimum Gasteiger partial charge on any atom is -0.342 e. The fourth-order valence-corrected chi connectivity index (χ4v) is 5.79. The van der Waals surface area contributed by atoms with Crippen molar-refractivity contribution >= 4 is 11.8 Å². The molecular formula is C28H35F2N3O2. The van der Waals surface area contributed by atoms with Gasteiger partial charge in [-0.2, -0.15) is 0 Å². The molecule has 1 saturated carbocycles. The highest BCUT2D eigenvalue weighted by molar-refractivity contribution is 5.94. The van der Waals surface area contributed by atoms with Gasteiger partial charge in [-0.05, 0) is 61.8 Å². The van der Waals surface area contributed by atoms with E-state index in [-0.39, 0.29) is 35.6 Å². The first-order chi connectivity index (χ1) is 16.8. The van der Waals surface area contributed by atoms with Crippen LogP contribution in [0.4, 0.5) is 8.78 Å². The molecule has 2 heterocycles. The summed E-state index contributed by atoms with van der Waals surface area (Å²) in [5.74, 6) is -1.07. The molecule has 1 aliphatic carbocycles. The van der Waals surface area contributed by atoms with E-state index >= 15 is 0 Å². The predicted octanol–water partition coefficient (Wildman–Crippen LogP) is 5.25. The Kier molecular flexibility index (Phi) is 7.82. The van der Waals surface area contributed by atoms with Crippen LogP contribution >= 0.6 is 0 Å². The molecule has 1 saturated heterocycles. The number of pyridine rings is 1. The summed E-state index contributed by atoms with van der Waals surface area (Å²) in [6.45, 7) is 3.37. The number of likely N-dealkylation sites (N-methyl/N-ethyl adjacent to an activating group) is 1. The number of aromatic nitrogens is 1. The van der Waals surface area contributed by atoms with Crippen LogP contribution in [0, 0.1) is 23.0 Å². The first-order valence-corrected chi connectivity index (χ1v) is 12.7. The summed E-state index contributed by atoms with van der Waals surface area (Å²) in [5, 5.41) is 0. The van der Waals surface area contributed by atoms with Gasteiger partial charge in [0, 0.05) is 50.1 Å². The quantitative estimate of drug-likeness (QED) is 0.564. The third kappa shape index (κ3) is 5.71. The number of hydrogen-bond acceptors (Lipinski definition) is 3. The SMILES string of the molecule is CN(C(=O)c1cccnc1)[C@@H](Cc1ccc(F)cc1F)C1CCN(C(=O)C2(C)CCCCC2)CC1. The minimum atomic E-state index is -0.620. The van der Waals surface area contributed by atoms with Crippen molar-refractivity contribution in [2.24, 2.45) is 11.3 Å². The summed E-state index contributed by atoms with van der Waals surface area (Å²) >= 11 is 0. The molecule has 2 aliphatic rings. The second-order valence-electron chi connectivity index (χ2n) is 10.4. The number of rotatable bonds is 6. The van der Waals surface area contributed by atoms with Gasteiger partial charge in [-0.3, -0.25) is 14.6 Å². The topological polar surface area (TPSA) is 53.5 Å². The van der Waals surface area contributed by atoms with Gasteiger partial charge in [0.1, 0.15) is 11.6 Å². The van der Waals surface area contributed by atoms with Crippen LogP contribution in [0.15, 0.2) is 42.7 Å². The highest BCUT2D eigenvalue weighted by Gasteiger charge is 2.40. The fraction of sp³-hybridized carbons (Fsp3) is 0.536. The van der Waals surface area contributed by atoms with Crippen LogP contribution in [-0.4, -0.2) is 52.8 Å². The van der Waals surface area contributed by atoms with Gasteiger partial charge in [0.15, 0.2) is 0 Å². The largest absolute Gasteiger partial charge is 0.342 e. The summed E-state index contributed by atoms with van der Waals surface area (Å²) in [6.07, 6.45) is 10.2. The Morgan fingerprint density at radius 2 is 1.86 bits per heavy atom. The number of piperidine rings is 1. The number of nitrogens with zero attached hydrogens (tertiary/aromatic N) is 3. The van der Waals surface area contributed by atoms with Gasteiger partial charge >= 0.3 is 0 Å². The summed E-state index contributed by atoms with van der Waals surface area (Å²) < 4.78 is 28.1. The van der Waals surface area contributed by atoms with Gasteiger partial charge in [-0.15, -0.1) is 0 Å². The van der Waals surface area contributed by atoms with Crippen molar-refractivity contribution in [3.63, 3.8) is 0 Å². The van der Waals surface area contributed by atoms with E-state index in [1.54, 1.807) is 30.3 Å². The molecule has 0 bridgehead atoms. The molecule has 0 spiro atoms. The molecule has 7 heteroatoms. The van der Waals surface area contributed by atoms with Gasteiger partial charge in [-0.1, -0.05) is 32.3 Å². The van der Waals surface area contributed by atoms with E-state index < -0.39 is 11.6 Å². The molecule has 1 aliphatic heterocycles. The van der Waals surface area contributed by atoms with E-state index in [2.05, 4.69) is 11.9 Å². The Labute approximate surface area is 206 Å². The minimum absolute atomic E-state index is 0.0910. The van der Waals surface area contributed by atoms with Crippen LogP contribution in [0.1, 0.15) is 67.8 Å². The first-order valence-electron chi connectivity index (χ1n) is 12.7. The van der Waals surface area contributed by atoms with E-state index in [4.69, 9.17) is 0 Å². The molecule has 0 radical (unpaired) electrons. The van der Waals surface area contributed by atoms with E-state index in [1.807, 2.05) is 4.90 Å². The smallest absolute Gasteiger partial charge is 0.255 e. The van der Waals surface area contributed by atoms with E-state index in [9.17, 15) is 18.4 Å². The van der Waals surface area contributed by atoms with Gasteiger partial charge in [0.25, 0.3) is 5.91 Å². The van der Waals surface area contributed by atoms with Crippen molar-refractivity contribution < 1.29 is 18.4 Å². The number of carbonyl (C=O) groups excluding carboxylic acids is 2. The normalized spacial score (nSPS) is 19.3. The summed E-state index contributed by atoms with van der Waals surface area (Å²) in [4.78, 5) is 34.3. The Morgan fingerprint density at radius 3 is 2.49 bits per heavy atom. The Bertz CT molecular complexity index is 1030. The average Bonchev–Trinajstić information content (AvgIpc) is 2.88. The van der Waals surface area contributed by atoms with Crippen molar-refractivity contribution in [1.29, 1.82) is 0 Å². The van der Waals surface area contributed by atoms with Gasteiger partial charge < -0.3 is 9.80 Å². The monoisotopic (exact) mass is 483 g/mol. The molecule has 0 N–H and O–H groups in total. The van der Waals surface area contributed by atoms with Crippen molar-refractivity contribution in [3.8, 4) is 0 Å². The molecule has 2 amide bonds. The number of carbonyl (C=O) groups is 2. The van der Waals surface area contributed by atoms with Crippen LogP contribution in [-0.2, 0) is 11.2 Å². The van der Waals surface area contributed by atoms with Crippen LogP contribution in [0.2, 0.25) is 0 Å². The van der Waals surface area contributed by atoms with Crippen molar-refractivity contribution in [3.05, 3.63) is 65.5 Å². The highest BCUT2D eigenvalue weighted by Crippen LogP contribution is 2.39. The zero-order valence-electron chi connectivity index (χ0n) is 20.7. The second kappa shape index (κ2) is 10.8. The highest BCUT2D eigenvalue weighted by atomic mass is 19.1. The molecule has 35 heavy (non-hydrogen) atoms. The van der Waals surface area contributed by atoms with Gasteiger partial charge in [0.05, 0.1) is 5.56 Å². The van der Waals surface area contributed by atoms with E-state index in [1.165, 1.54) is 24.8 Å². The van der Waals surface area contributed by atoms with Gasteiger partial charge in [-0.25, -0.2) is 8.78 Å². The zero-order chi connectivity index (χ0) is 25.0. The standard InChI is InChI=1S/C28H35F2N3O2/c1-28(12-4-3-5-13-28)27(35)33-15-10-20(11-16-33)25(17-21-8-9-23(29)18-24(21)30)32(2)26(34)22-7-6-14-31-19-22/h6-9,14,18-20,25H,3-5,10-13,15-17H2,1-2H3/t25-/m0/s1. The van der Waals surface area contributed by atoms with Crippen LogP contribution < -0.4 is 0 Å². The molecule has 2 aromatic rings. The fourth-order valence-electron chi connectivity index (χ4n) is 5.79. The number of likely N-dealkylation sites (tertiary alicyclic amines) is 1. The molecular weight excluding hydrogens is 448 g/mol. The molecule has 4 rings (SSSR count). The number of halogens is 2. The zero-order valence-corrected chi connectivity index (χ0v) is 20.7. The van der Waals surface area contributed by atoms with Crippen molar-refractivity contribution in [2.75, 3.05) is 20.1 Å². The lowest BCUT2D eigenvalue weighted by Gasteiger charge is -2.43. The maximum atomic E-state index is 14.6. The lowest BCUT2D eigenvalue weighted by molar-refractivity contribution is -0.144. The number of benzene rings is 1.